The molecule has 33 heavy (non-hydrogen) atoms. The third-order valence-corrected chi connectivity index (χ3v) is 6.31. The molecule has 0 fully saturated rings. The molecule has 0 spiro atoms. The van der Waals surface area contributed by atoms with Crippen LogP contribution in [-0.2, 0) is 4.79 Å². The predicted octanol–water partition coefficient (Wildman–Crippen LogP) is 5.59. The molecule has 3 aromatic carbocycles. The zero-order valence-electron chi connectivity index (χ0n) is 17.2. The van der Waals surface area contributed by atoms with Crippen LogP contribution in [0.25, 0.3) is 22.0 Å². The minimum absolute atomic E-state index is 0.110. The summed E-state index contributed by atoms with van der Waals surface area (Å²) in [5, 5.41) is 14.2. The average molecular weight is 482 g/mol. The number of halogens is 2. The summed E-state index contributed by atoms with van der Waals surface area (Å²) in [6.45, 7) is 0.901. The van der Waals surface area contributed by atoms with Crippen molar-refractivity contribution in [3.8, 4) is 22.8 Å². The van der Waals surface area contributed by atoms with E-state index >= 15 is 0 Å². The monoisotopic (exact) mass is 481 g/mol. The van der Waals surface area contributed by atoms with Crippen LogP contribution in [0.3, 0.4) is 0 Å². The number of hydrogen-bond acceptors (Lipinski definition) is 6. The van der Waals surface area contributed by atoms with E-state index < -0.39 is 0 Å². The summed E-state index contributed by atoms with van der Waals surface area (Å²) in [7, 11) is 0. The topological polar surface area (TPSA) is 73.3 Å². The van der Waals surface area contributed by atoms with Crippen molar-refractivity contribution < 1.29 is 18.7 Å². The second kappa shape index (κ2) is 9.25. The van der Waals surface area contributed by atoms with E-state index in [2.05, 4.69) is 15.5 Å². The van der Waals surface area contributed by atoms with E-state index in [0.717, 1.165) is 16.3 Å². The molecule has 1 amide bonds. The Morgan fingerprint density at radius 3 is 2.45 bits per heavy atom. The Morgan fingerprint density at radius 1 is 1.00 bits per heavy atom. The van der Waals surface area contributed by atoms with Crippen molar-refractivity contribution in [2.24, 2.45) is 0 Å². The molecule has 2 heterocycles. The number of aromatic nitrogens is 2. The van der Waals surface area contributed by atoms with Gasteiger partial charge >= 0.3 is 0 Å². The van der Waals surface area contributed by atoms with Gasteiger partial charge in [0.1, 0.15) is 29.8 Å². The number of carbonyl (C=O) groups excluding carboxylic acids is 1. The lowest BCUT2D eigenvalue weighted by Gasteiger charge is -2.20. The Bertz CT molecular complexity index is 1350. The van der Waals surface area contributed by atoms with Crippen LogP contribution in [0.15, 0.2) is 65.7 Å². The molecule has 6 nitrogen and oxygen atoms in total. The van der Waals surface area contributed by atoms with Gasteiger partial charge < -0.3 is 14.8 Å². The van der Waals surface area contributed by atoms with Crippen LogP contribution in [-0.4, -0.2) is 35.1 Å². The van der Waals surface area contributed by atoms with Crippen molar-refractivity contribution in [1.29, 1.82) is 0 Å². The van der Waals surface area contributed by atoms with Crippen molar-refractivity contribution in [3.05, 3.63) is 71.5 Å². The molecule has 0 unspecified atom stereocenters. The second-order valence-corrected chi connectivity index (χ2v) is 8.59. The zero-order valence-corrected chi connectivity index (χ0v) is 18.8. The van der Waals surface area contributed by atoms with Crippen molar-refractivity contribution >= 4 is 45.7 Å². The molecule has 0 saturated heterocycles. The minimum Gasteiger partial charge on any atom is -0.486 e. The van der Waals surface area contributed by atoms with Gasteiger partial charge in [0.05, 0.1) is 16.5 Å². The maximum absolute atomic E-state index is 13.3. The van der Waals surface area contributed by atoms with Gasteiger partial charge in [0.2, 0.25) is 5.91 Å². The first-order valence-electron chi connectivity index (χ1n) is 10.1. The third kappa shape index (κ3) is 4.58. The summed E-state index contributed by atoms with van der Waals surface area (Å²) < 4.78 is 24.4. The maximum Gasteiger partial charge on any atom is 0.234 e. The number of carbonyl (C=O) groups is 1. The summed E-state index contributed by atoms with van der Waals surface area (Å²) in [5.41, 5.74) is 1.87. The number of amides is 1. The first-order valence-corrected chi connectivity index (χ1v) is 11.5. The normalized spacial score (nSPS) is 12.5. The van der Waals surface area contributed by atoms with E-state index in [0.29, 0.717) is 46.1 Å². The Labute approximate surface area is 198 Å². The van der Waals surface area contributed by atoms with E-state index in [9.17, 15) is 9.18 Å². The number of nitrogens with one attached hydrogen (secondary N) is 1. The summed E-state index contributed by atoms with van der Waals surface area (Å²) in [5.74, 6) is 0.655. The van der Waals surface area contributed by atoms with Crippen LogP contribution in [0, 0.1) is 5.82 Å². The predicted molar refractivity (Wildman–Crippen MR) is 127 cm³/mol. The molecule has 0 atom stereocenters. The molecule has 9 heteroatoms. The average Bonchev–Trinajstić information content (AvgIpc) is 2.83. The lowest BCUT2D eigenvalue weighted by Crippen LogP contribution is -2.17. The highest BCUT2D eigenvalue weighted by Gasteiger charge is 2.17. The number of thioether (sulfide) groups is 1. The van der Waals surface area contributed by atoms with Crippen molar-refractivity contribution in [1.82, 2.24) is 10.2 Å². The molecule has 1 aliphatic heterocycles. The zero-order chi connectivity index (χ0) is 22.8. The van der Waals surface area contributed by atoms with Gasteiger partial charge in [-0.25, -0.2) is 4.39 Å². The highest BCUT2D eigenvalue weighted by atomic mass is 35.5. The molecule has 1 aliphatic rings. The van der Waals surface area contributed by atoms with Gasteiger partial charge in [-0.2, -0.15) is 0 Å². The van der Waals surface area contributed by atoms with Crippen molar-refractivity contribution in [2.45, 2.75) is 5.03 Å². The third-order valence-electron chi connectivity index (χ3n) is 5.02. The minimum atomic E-state index is -0.313. The van der Waals surface area contributed by atoms with E-state index in [-0.39, 0.29) is 17.5 Å². The van der Waals surface area contributed by atoms with Gasteiger partial charge in [-0.1, -0.05) is 47.6 Å². The lowest BCUT2D eigenvalue weighted by atomic mass is 10.1. The summed E-state index contributed by atoms with van der Waals surface area (Å²) in [6, 6.07) is 17.1. The number of ether oxygens (including phenoxy) is 2. The summed E-state index contributed by atoms with van der Waals surface area (Å²) >= 11 is 7.56. The molecule has 1 N–H and O–H groups in total. The smallest absolute Gasteiger partial charge is 0.234 e. The number of nitrogens with zero attached hydrogens (tertiary/aromatic N) is 2. The highest BCUT2D eigenvalue weighted by molar-refractivity contribution is 8.00. The Morgan fingerprint density at radius 2 is 1.70 bits per heavy atom. The van der Waals surface area contributed by atoms with Crippen molar-refractivity contribution in [2.75, 3.05) is 24.3 Å². The fourth-order valence-corrected chi connectivity index (χ4v) is 4.46. The van der Waals surface area contributed by atoms with Crippen LogP contribution < -0.4 is 14.8 Å². The summed E-state index contributed by atoms with van der Waals surface area (Å²) in [6.07, 6.45) is 0. The van der Waals surface area contributed by atoms with Crippen LogP contribution in [0.2, 0.25) is 5.02 Å². The van der Waals surface area contributed by atoms with E-state index in [1.54, 1.807) is 24.3 Å². The molecule has 4 aromatic rings. The van der Waals surface area contributed by atoms with Gasteiger partial charge in [-0.3, -0.25) is 4.79 Å². The SMILES string of the molecule is O=C(CSc1nnc(-c2ccc(F)cc2)c2ccccc12)Nc1cc2c(cc1Cl)OCCO2. The van der Waals surface area contributed by atoms with E-state index in [1.165, 1.54) is 23.9 Å². The number of hydrogen-bond donors (Lipinski definition) is 1. The van der Waals surface area contributed by atoms with Gasteiger partial charge in [-0.05, 0) is 24.3 Å². The molecular weight excluding hydrogens is 465 g/mol. The molecule has 0 aliphatic carbocycles. The second-order valence-electron chi connectivity index (χ2n) is 7.22. The summed E-state index contributed by atoms with van der Waals surface area (Å²) in [4.78, 5) is 12.6. The molecule has 0 bridgehead atoms. The maximum atomic E-state index is 13.3. The Hall–Kier alpha value is -3.36. The van der Waals surface area contributed by atoms with Gasteiger partial charge in [0.25, 0.3) is 0 Å². The molecular formula is C24H17ClFN3O3S. The molecule has 166 valence electrons. The van der Waals surface area contributed by atoms with Gasteiger partial charge in [0.15, 0.2) is 11.5 Å². The highest BCUT2D eigenvalue weighted by Crippen LogP contribution is 2.38. The van der Waals surface area contributed by atoms with Crippen LogP contribution >= 0.6 is 23.4 Å². The van der Waals surface area contributed by atoms with E-state index in [4.69, 9.17) is 21.1 Å². The first-order chi connectivity index (χ1) is 16.1. The van der Waals surface area contributed by atoms with Gasteiger partial charge in [0, 0.05) is 28.5 Å². The lowest BCUT2D eigenvalue weighted by molar-refractivity contribution is -0.113. The molecule has 0 radical (unpaired) electrons. The van der Waals surface area contributed by atoms with E-state index in [1.807, 2.05) is 24.3 Å². The largest absolute Gasteiger partial charge is 0.486 e. The number of anilines is 1. The molecule has 0 saturated carbocycles. The first kappa shape index (κ1) is 21.5. The molecule has 5 rings (SSSR count). The van der Waals surface area contributed by atoms with Crippen LogP contribution in [0.1, 0.15) is 0 Å². The fraction of sp³-hybridized carbons (Fsp3) is 0.125. The van der Waals surface area contributed by atoms with Gasteiger partial charge in [-0.15, -0.1) is 10.2 Å². The number of fused-ring (bicyclic) bond motifs is 2. The van der Waals surface area contributed by atoms with Crippen LogP contribution in [0.4, 0.5) is 10.1 Å². The number of benzene rings is 3. The quantitative estimate of drug-likeness (QED) is 0.374. The molecule has 1 aromatic heterocycles. The Balaban J connectivity index is 1.34. The fourth-order valence-electron chi connectivity index (χ4n) is 3.49. The Kier molecular flexibility index (Phi) is 6.02. The number of rotatable bonds is 5. The van der Waals surface area contributed by atoms with Crippen LogP contribution in [0.5, 0.6) is 11.5 Å². The standard InChI is InChI=1S/C24H17ClFN3O3S/c25-18-11-20-21(32-10-9-31-20)12-19(18)27-22(30)13-33-24-17-4-2-1-3-16(17)23(28-29-24)14-5-7-15(26)8-6-14/h1-8,11-12H,9-10,13H2,(H,27,30). The van der Waals surface area contributed by atoms with Crippen molar-refractivity contribution in [3.63, 3.8) is 0 Å².